The fourth-order valence-electron chi connectivity index (χ4n) is 3.48. The van der Waals surface area contributed by atoms with Crippen LogP contribution in [0.5, 0.6) is 0 Å². The van der Waals surface area contributed by atoms with Crippen molar-refractivity contribution in [1.82, 2.24) is 14.8 Å². The molecule has 1 aromatic heterocycles. The first-order valence-corrected chi connectivity index (χ1v) is 9.35. The van der Waals surface area contributed by atoms with Crippen molar-refractivity contribution in [1.29, 1.82) is 0 Å². The molecule has 3 amide bonds. The first-order chi connectivity index (χ1) is 12.4. The summed E-state index contributed by atoms with van der Waals surface area (Å²) in [6, 6.07) is 7.47. The number of aromatic nitrogens is 1. The Balaban J connectivity index is 1.44. The van der Waals surface area contributed by atoms with E-state index in [1.165, 1.54) is 0 Å². The monoisotopic (exact) mass is 372 g/mol. The van der Waals surface area contributed by atoms with Crippen LogP contribution in [0.3, 0.4) is 0 Å². The Bertz CT molecular complexity index is 868. The molecule has 4 rings (SSSR count). The van der Waals surface area contributed by atoms with Gasteiger partial charge in [0.2, 0.25) is 0 Å². The van der Waals surface area contributed by atoms with Crippen LogP contribution >= 0.6 is 11.3 Å². The van der Waals surface area contributed by atoms with Gasteiger partial charge in [0.25, 0.3) is 0 Å². The average molecular weight is 372 g/mol. The Morgan fingerprint density at radius 1 is 1.38 bits per heavy atom. The Kier molecular flexibility index (Phi) is 4.07. The molecular formula is C18H20N4O3S. The quantitative estimate of drug-likeness (QED) is 0.879. The van der Waals surface area contributed by atoms with Crippen LogP contribution in [-0.4, -0.2) is 59.2 Å². The average Bonchev–Trinajstić information content (AvgIpc) is 3.28. The van der Waals surface area contributed by atoms with E-state index in [0.29, 0.717) is 26.1 Å². The van der Waals surface area contributed by atoms with Crippen molar-refractivity contribution in [2.24, 2.45) is 0 Å². The van der Waals surface area contributed by atoms with Crippen molar-refractivity contribution in [2.75, 3.05) is 32.0 Å². The molecule has 2 saturated heterocycles. The van der Waals surface area contributed by atoms with Gasteiger partial charge in [-0.05, 0) is 19.1 Å². The molecule has 2 fully saturated rings. The Morgan fingerprint density at radius 3 is 2.92 bits per heavy atom. The second-order valence-corrected chi connectivity index (χ2v) is 7.90. The van der Waals surface area contributed by atoms with E-state index < -0.39 is 5.60 Å². The number of hydrogen-bond acceptors (Lipinski definition) is 5. The van der Waals surface area contributed by atoms with E-state index in [4.69, 9.17) is 4.74 Å². The third-order valence-corrected chi connectivity index (χ3v) is 5.55. The van der Waals surface area contributed by atoms with Crippen LogP contribution in [-0.2, 0) is 4.74 Å². The largest absolute Gasteiger partial charge is 0.439 e. The maximum Gasteiger partial charge on any atom is 0.410 e. The van der Waals surface area contributed by atoms with Gasteiger partial charge in [0.15, 0.2) is 5.60 Å². The number of ether oxygens (including phenoxy) is 1. The van der Waals surface area contributed by atoms with Gasteiger partial charge < -0.3 is 19.9 Å². The number of nitrogens with zero attached hydrogens (tertiary/aromatic N) is 3. The normalized spacial score (nSPS) is 22.2. The highest BCUT2D eigenvalue weighted by Crippen LogP contribution is 2.32. The molecule has 136 valence electrons. The maximum absolute atomic E-state index is 12.6. The number of carbonyl (C=O) groups excluding carboxylic acids is 2. The molecule has 0 bridgehead atoms. The summed E-state index contributed by atoms with van der Waals surface area (Å²) < 4.78 is 5.49. The van der Waals surface area contributed by atoms with Crippen molar-refractivity contribution in [3.63, 3.8) is 0 Å². The van der Waals surface area contributed by atoms with E-state index >= 15 is 0 Å². The third kappa shape index (κ3) is 3.12. The number of amides is 3. The smallest absolute Gasteiger partial charge is 0.410 e. The van der Waals surface area contributed by atoms with E-state index in [1.54, 1.807) is 28.2 Å². The molecule has 26 heavy (non-hydrogen) atoms. The minimum absolute atomic E-state index is 0.181. The first kappa shape index (κ1) is 16.8. The van der Waals surface area contributed by atoms with E-state index in [-0.39, 0.29) is 12.1 Å². The Labute approximate surface area is 155 Å². The lowest BCUT2D eigenvalue weighted by atomic mass is 10.0. The second kappa shape index (κ2) is 6.28. The van der Waals surface area contributed by atoms with E-state index in [9.17, 15) is 9.59 Å². The number of aryl methyl sites for hydroxylation is 1. The van der Waals surface area contributed by atoms with Crippen LogP contribution < -0.4 is 5.32 Å². The van der Waals surface area contributed by atoms with Gasteiger partial charge in [-0.15, -0.1) is 11.3 Å². The van der Waals surface area contributed by atoms with Crippen LogP contribution in [0.2, 0.25) is 0 Å². The van der Waals surface area contributed by atoms with Gasteiger partial charge in [0.1, 0.15) is 0 Å². The zero-order valence-corrected chi connectivity index (χ0v) is 15.5. The molecule has 2 aromatic rings. The summed E-state index contributed by atoms with van der Waals surface area (Å²) in [6.45, 7) is 3.47. The third-order valence-electron chi connectivity index (χ3n) is 4.77. The zero-order valence-electron chi connectivity index (χ0n) is 14.7. The molecule has 0 radical (unpaired) electrons. The van der Waals surface area contributed by atoms with E-state index in [1.807, 2.05) is 36.6 Å². The lowest BCUT2D eigenvalue weighted by molar-refractivity contribution is 0.0663. The van der Waals surface area contributed by atoms with Crippen LogP contribution in [0.15, 0.2) is 29.6 Å². The van der Waals surface area contributed by atoms with Crippen molar-refractivity contribution >= 4 is 29.1 Å². The van der Waals surface area contributed by atoms with Gasteiger partial charge in [0, 0.05) is 36.6 Å². The minimum atomic E-state index is -0.566. The van der Waals surface area contributed by atoms with Crippen molar-refractivity contribution in [3.8, 4) is 11.3 Å². The molecule has 1 N–H and O–H groups in total. The van der Waals surface area contributed by atoms with Gasteiger partial charge in [-0.2, -0.15) is 0 Å². The summed E-state index contributed by atoms with van der Waals surface area (Å²) in [6.07, 6.45) is 0.341. The van der Waals surface area contributed by atoms with Crippen molar-refractivity contribution < 1.29 is 14.3 Å². The maximum atomic E-state index is 12.6. The molecule has 1 spiro atoms. The SMILES string of the molecule is Cc1nc(-c2cccc(NC(=O)N3CC[C@@]4(CN(C)C(=O)O4)C3)c2)cs1. The number of likely N-dealkylation sites (tertiary alicyclic amines) is 1. The van der Waals surface area contributed by atoms with Crippen molar-refractivity contribution in [2.45, 2.75) is 18.9 Å². The summed E-state index contributed by atoms with van der Waals surface area (Å²) in [5.41, 5.74) is 2.03. The molecule has 1 aromatic carbocycles. The first-order valence-electron chi connectivity index (χ1n) is 8.47. The summed E-state index contributed by atoms with van der Waals surface area (Å²) in [4.78, 5) is 32.0. The molecule has 0 aliphatic carbocycles. The van der Waals surface area contributed by atoms with Gasteiger partial charge in [-0.25, -0.2) is 14.6 Å². The van der Waals surface area contributed by atoms with Gasteiger partial charge in [0.05, 0.1) is 23.8 Å². The van der Waals surface area contributed by atoms with Crippen LogP contribution in [0, 0.1) is 6.92 Å². The Hall–Kier alpha value is -2.61. The minimum Gasteiger partial charge on any atom is -0.439 e. The molecule has 8 heteroatoms. The standard InChI is InChI=1S/C18H20N4O3S/c1-12-19-15(9-26-12)13-4-3-5-14(8-13)20-16(23)22-7-6-18(11-22)10-21(2)17(24)25-18/h3-5,8-9H,6-7,10-11H2,1-2H3,(H,20,23)/t18-/m1/s1. The number of carbonyl (C=O) groups is 2. The molecule has 0 saturated carbocycles. The number of hydrogen-bond donors (Lipinski definition) is 1. The van der Waals surface area contributed by atoms with Crippen LogP contribution in [0.4, 0.5) is 15.3 Å². The Morgan fingerprint density at radius 2 is 2.23 bits per heavy atom. The lowest BCUT2D eigenvalue weighted by Crippen LogP contribution is -2.40. The molecular weight excluding hydrogens is 352 g/mol. The molecule has 2 aliphatic rings. The summed E-state index contributed by atoms with van der Waals surface area (Å²) in [7, 11) is 1.71. The number of benzene rings is 1. The highest BCUT2D eigenvalue weighted by Gasteiger charge is 2.49. The highest BCUT2D eigenvalue weighted by molar-refractivity contribution is 7.09. The predicted molar refractivity (Wildman–Crippen MR) is 99.3 cm³/mol. The van der Waals surface area contributed by atoms with Crippen LogP contribution in [0.1, 0.15) is 11.4 Å². The molecule has 1 atom stereocenters. The fourth-order valence-corrected chi connectivity index (χ4v) is 4.10. The number of anilines is 1. The van der Waals surface area contributed by atoms with Gasteiger partial charge in [-0.1, -0.05) is 12.1 Å². The highest BCUT2D eigenvalue weighted by atomic mass is 32.1. The number of likely N-dealkylation sites (N-methyl/N-ethyl adjacent to an activating group) is 1. The van der Waals surface area contributed by atoms with Crippen molar-refractivity contribution in [3.05, 3.63) is 34.7 Å². The summed E-state index contributed by atoms with van der Waals surface area (Å²) in [5, 5.41) is 5.95. The van der Waals surface area contributed by atoms with Gasteiger partial charge >= 0.3 is 12.1 Å². The summed E-state index contributed by atoms with van der Waals surface area (Å²) in [5.74, 6) is 0. The van der Waals surface area contributed by atoms with Crippen LogP contribution in [0.25, 0.3) is 11.3 Å². The van der Waals surface area contributed by atoms with E-state index in [0.717, 1.165) is 22.0 Å². The number of nitrogens with one attached hydrogen (secondary N) is 1. The molecule has 3 heterocycles. The molecule has 2 aliphatic heterocycles. The van der Waals surface area contributed by atoms with E-state index in [2.05, 4.69) is 10.3 Å². The molecule has 7 nitrogen and oxygen atoms in total. The topological polar surface area (TPSA) is 74.8 Å². The second-order valence-electron chi connectivity index (χ2n) is 6.84. The van der Waals surface area contributed by atoms with Gasteiger partial charge in [-0.3, -0.25) is 0 Å². The zero-order chi connectivity index (χ0) is 18.3. The fraction of sp³-hybridized carbons (Fsp3) is 0.389. The number of urea groups is 1. The molecule has 0 unspecified atom stereocenters. The lowest BCUT2D eigenvalue weighted by Gasteiger charge is -2.22. The predicted octanol–water partition coefficient (Wildman–Crippen LogP) is 3.18. The summed E-state index contributed by atoms with van der Waals surface area (Å²) >= 11 is 1.60. The number of rotatable bonds is 2. The number of thiazole rings is 1.